The number of nitrogens with one attached hydrogen (secondary N) is 2. The molecule has 0 aliphatic rings. The van der Waals surface area contributed by atoms with Crippen LogP contribution in [0.5, 0.6) is 0 Å². The molecule has 3 N–H and O–H groups in total. The van der Waals surface area contributed by atoms with Crippen molar-refractivity contribution >= 4 is 12.0 Å². The van der Waals surface area contributed by atoms with Gasteiger partial charge in [0.1, 0.15) is 0 Å². The molecule has 1 unspecified atom stereocenters. The summed E-state index contributed by atoms with van der Waals surface area (Å²) in [6.07, 6.45) is 6.05. The molecule has 0 bridgehead atoms. The highest BCUT2D eigenvalue weighted by Gasteiger charge is 2.23. The first kappa shape index (κ1) is 17.0. The van der Waals surface area contributed by atoms with E-state index in [0.29, 0.717) is 18.0 Å². The van der Waals surface area contributed by atoms with Crippen LogP contribution >= 0.6 is 0 Å². The molecule has 0 aliphatic carbocycles. The highest BCUT2D eigenvalue weighted by Crippen LogP contribution is 2.11. The van der Waals surface area contributed by atoms with Crippen molar-refractivity contribution in [2.24, 2.45) is 13.0 Å². The zero-order valence-electron chi connectivity index (χ0n) is 12.8. The summed E-state index contributed by atoms with van der Waals surface area (Å²) < 4.78 is 1.50. The number of hydrogen-bond donors (Lipinski definition) is 3. The van der Waals surface area contributed by atoms with Crippen molar-refractivity contribution in [3.8, 4) is 0 Å². The van der Waals surface area contributed by atoms with Gasteiger partial charge in [0.05, 0.1) is 6.20 Å². The van der Waals surface area contributed by atoms with E-state index < -0.39 is 18.0 Å². The van der Waals surface area contributed by atoms with E-state index in [0.717, 1.165) is 19.3 Å². The maximum atomic E-state index is 11.7. The first-order valence-corrected chi connectivity index (χ1v) is 7.16. The molecule has 0 aliphatic heterocycles. The predicted octanol–water partition coefficient (Wildman–Crippen LogP) is 1.67. The number of amides is 2. The second kappa shape index (κ2) is 8.28. The van der Waals surface area contributed by atoms with Gasteiger partial charge in [-0.3, -0.25) is 4.68 Å². The van der Waals surface area contributed by atoms with Gasteiger partial charge in [-0.25, -0.2) is 9.59 Å². The molecule has 118 valence electrons. The van der Waals surface area contributed by atoms with Gasteiger partial charge < -0.3 is 15.7 Å². The Kier molecular flexibility index (Phi) is 6.71. The van der Waals surface area contributed by atoms with Crippen LogP contribution in [0.15, 0.2) is 12.4 Å². The molecule has 0 saturated carbocycles. The number of aliphatic carboxylic acids is 1. The fraction of sp³-hybridized carbons (Fsp3) is 0.643. The van der Waals surface area contributed by atoms with Gasteiger partial charge in [-0.1, -0.05) is 26.7 Å². The van der Waals surface area contributed by atoms with Gasteiger partial charge in [-0.2, -0.15) is 5.10 Å². The monoisotopic (exact) mass is 296 g/mol. The fourth-order valence-corrected chi connectivity index (χ4v) is 1.94. The Balaban J connectivity index is 2.38. The number of unbranched alkanes of at least 4 members (excludes halogenated alkanes) is 1. The summed E-state index contributed by atoms with van der Waals surface area (Å²) in [7, 11) is 1.69. The molecule has 1 aromatic rings. The van der Waals surface area contributed by atoms with Crippen molar-refractivity contribution in [2.75, 3.05) is 6.54 Å². The van der Waals surface area contributed by atoms with Gasteiger partial charge >= 0.3 is 12.0 Å². The normalized spacial score (nSPS) is 12.2. The quantitative estimate of drug-likeness (QED) is 0.636. The molecule has 2 amide bonds. The van der Waals surface area contributed by atoms with Crippen molar-refractivity contribution in [1.29, 1.82) is 0 Å². The molecule has 1 aromatic heterocycles. The van der Waals surface area contributed by atoms with Crippen LogP contribution in [0.25, 0.3) is 0 Å². The minimum atomic E-state index is -1.11. The van der Waals surface area contributed by atoms with Crippen molar-refractivity contribution in [3.05, 3.63) is 18.0 Å². The summed E-state index contributed by atoms with van der Waals surface area (Å²) in [5.74, 6) is -0.459. The Morgan fingerprint density at radius 1 is 1.38 bits per heavy atom. The Morgan fingerprint density at radius 2 is 2.10 bits per heavy atom. The fourth-order valence-electron chi connectivity index (χ4n) is 1.94. The molecule has 21 heavy (non-hydrogen) atoms. The van der Waals surface area contributed by atoms with E-state index in [1.54, 1.807) is 13.2 Å². The zero-order valence-corrected chi connectivity index (χ0v) is 12.8. The number of carbonyl (C=O) groups is 2. The lowest BCUT2D eigenvalue weighted by molar-refractivity contribution is -0.139. The molecule has 0 radical (unpaired) electrons. The summed E-state index contributed by atoms with van der Waals surface area (Å²) >= 11 is 0. The predicted molar refractivity (Wildman–Crippen MR) is 78.8 cm³/mol. The molecule has 0 fully saturated rings. The zero-order chi connectivity index (χ0) is 15.8. The van der Waals surface area contributed by atoms with E-state index in [1.807, 2.05) is 0 Å². The lowest BCUT2D eigenvalue weighted by Gasteiger charge is -2.13. The topological polar surface area (TPSA) is 96.2 Å². The van der Waals surface area contributed by atoms with Crippen LogP contribution < -0.4 is 10.6 Å². The van der Waals surface area contributed by atoms with Crippen molar-refractivity contribution in [2.45, 2.75) is 39.2 Å². The van der Waals surface area contributed by atoms with Crippen molar-refractivity contribution < 1.29 is 14.7 Å². The first-order valence-electron chi connectivity index (χ1n) is 7.16. The molecule has 0 saturated heterocycles. The third kappa shape index (κ3) is 6.29. The SMILES string of the molecule is CC(C)CCCCNC(=O)NC(C(=O)O)c1cnn(C)c1. The third-order valence-electron chi connectivity index (χ3n) is 3.07. The molecule has 7 nitrogen and oxygen atoms in total. The highest BCUT2D eigenvalue weighted by atomic mass is 16.4. The van der Waals surface area contributed by atoms with Crippen LogP contribution in [-0.4, -0.2) is 33.4 Å². The Labute approximate surface area is 124 Å². The second-order valence-electron chi connectivity index (χ2n) is 5.51. The van der Waals surface area contributed by atoms with Crippen LogP contribution in [-0.2, 0) is 11.8 Å². The second-order valence-corrected chi connectivity index (χ2v) is 5.51. The summed E-state index contributed by atoms with van der Waals surface area (Å²) in [4.78, 5) is 22.9. The summed E-state index contributed by atoms with van der Waals surface area (Å²) in [5.41, 5.74) is 0.444. The highest BCUT2D eigenvalue weighted by molar-refractivity contribution is 5.83. The third-order valence-corrected chi connectivity index (χ3v) is 3.07. The smallest absolute Gasteiger partial charge is 0.331 e. The first-order chi connectivity index (χ1) is 9.90. The number of nitrogens with zero attached hydrogens (tertiary/aromatic N) is 2. The number of hydrogen-bond acceptors (Lipinski definition) is 3. The molecular formula is C14H24N4O3. The lowest BCUT2D eigenvalue weighted by atomic mass is 10.1. The lowest BCUT2D eigenvalue weighted by Crippen LogP contribution is -2.41. The summed E-state index contributed by atoms with van der Waals surface area (Å²) in [6.45, 7) is 4.86. The van der Waals surface area contributed by atoms with E-state index in [2.05, 4.69) is 29.6 Å². The standard InChI is InChI=1S/C14H24N4O3/c1-10(2)6-4-5-7-15-14(21)17-12(13(19)20)11-8-16-18(3)9-11/h8-10,12H,4-7H2,1-3H3,(H,19,20)(H2,15,17,21). The van der Waals surface area contributed by atoms with Gasteiger partial charge in [0.2, 0.25) is 0 Å². The van der Waals surface area contributed by atoms with Crippen LogP contribution in [0, 0.1) is 5.92 Å². The average Bonchev–Trinajstić information content (AvgIpc) is 2.81. The largest absolute Gasteiger partial charge is 0.479 e. The Bertz CT molecular complexity index is 471. The van der Waals surface area contributed by atoms with Gasteiger partial charge in [0, 0.05) is 25.4 Å². The van der Waals surface area contributed by atoms with Crippen LogP contribution in [0.4, 0.5) is 4.79 Å². The van der Waals surface area contributed by atoms with Crippen LogP contribution in [0.2, 0.25) is 0 Å². The van der Waals surface area contributed by atoms with Crippen LogP contribution in [0.3, 0.4) is 0 Å². The number of urea groups is 1. The maximum Gasteiger partial charge on any atom is 0.331 e. The number of rotatable bonds is 8. The van der Waals surface area contributed by atoms with Gasteiger partial charge in [-0.15, -0.1) is 0 Å². The number of carboxylic acids is 1. The summed E-state index contributed by atoms with van der Waals surface area (Å²) in [5, 5.41) is 18.2. The molecular weight excluding hydrogens is 272 g/mol. The molecule has 0 aromatic carbocycles. The Hall–Kier alpha value is -2.05. The number of aromatic nitrogens is 2. The molecule has 1 heterocycles. The minimum Gasteiger partial charge on any atom is -0.479 e. The van der Waals surface area contributed by atoms with E-state index in [4.69, 9.17) is 0 Å². The van der Waals surface area contributed by atoms with Crippen molar-refractivity contribution in [1.82, 2.24) is 20.4 Å². The van der Waals surface area contributed by atoms with E-state index in [-0.39, 0.29) is 0 Å². The average molecular weight is 296 g/mol. The maximum absolute atomic E-state index is 11.7. The Morgan fingerprint density at radius 3 is 2.62 bits per heavy atom. The molecule has 1 atom stereocenters. The number of carboxylic acid groups (broad SMARTS) is 1. The summed E-state index contributed by atoms with van der Waals surface area (Å²) in [6, 6.07) is -1.56. The van der Waals surface area contributed by atoms with E-state index in [1.165, 1.54) is 10.9 Å². The molecule has 1 rings (SSSR count). The van der Waals surface area contributed by atoms with Gasteiger partial charge in [-0.05, 0) is 12.3 Å². The van der Waals surface area contributed by atoms with Crippen LogP contribution in [0.1, 0.15) is 44.7 Å². The number of carbonyl (C=O) groups excluding carboxylic acids is 1. The van der Waals surface area contributed by atoms with E-state index >= 15 is 0 Å². The minimum absolute atomic E-state index is 0.444. The van der Waals surface area contributed by atoms with Crippen molar-refractivity contribution in [3.63, 3.8) is 0 Å². The molecule has 0 spiro atoms. The van der Waals surface area contributed by atoms with Gasteiger partial charge in [0.15, 0.2) is 6.04 Å². The van der Waals surface area contributed by atoms with E-state index in [9.17, 15) is 14.7 Å². The number of aryl methyl sites for hydroxylation is 1. The van der Waals surface area contributed by atoms with Gasteiger partial charge in [0.25, 0.3) is 0 Å². The molecule has 7 heteroatoms.